The molecule has 0 saturated heterocycles. The van der Waals surface area contributed by atoms with E-state index in [1.54, 1.807) is 0 Å². The zero-order valence-corrected chi connectivity index (χ0v) is 13.8. The lowest BCUT2D eigenvalue weighted by molar-refractivity contribution is -0.134. The molecule has 0 aliphatic heterocycles. The number of nitrogens with zero attached hydrogens (tertiary/aromatic N) is 1. The third-order valence-electron chi connectivity index (χ3n) is 4.18. The molecule has 0 saturated carbocycles. The van der Waals surface area contributed by atoms with Crippen molar-refractivity contribution in [3.05, 3.63) is 12.7 Å². The van der Waals surface area contributed by atoms with E-state index in [-0.39, 0.29) is 11.5 Å². The quantitative estimate of drug-likeness (QED) is 0.430. The number of carbonyl (C=O) groups excluding carboxylic acids is 1. The zero-order valence-electron chi connectivity index (χ0n) is 13.8. The van der Waals surface area contributed by atoms with Gasteiger partial charge in [-0.15, -0.1) is 6.58 Å². The fourth-order valence-corrected chi connectivity index (χ4v) is 2.60. The van der Waals surface area contributed by atoms with Gasteiger partial charge in [-0.3, -0.25) is 9.69 Å². The number of ketones is 1. The smallest absolute Gasteiger partial charge is 0.155 e. The molecule has 0 N–H and O–H groups in total. The van der Waals surface area contributed by atoms with Crippen LogP contribution in [0.1, 0.15) is 66.7 Å². The van der Waals surface area contributed by atoms with Gasteiger partial charge in [0, 0.05) is 12.0 Å². The van der Waals surface area contributed by atoms with Gasteiger partial charge in [0.1, 0.15) is 0 Å². The Morgan fingerprint density at radius 3 is 2.21 bits per heavy atom. The minimum Gasteiger partial charge on any atom is -0.297 e. The average molecular weight is 267 g/mol. The molecular weight excluding hydrogens is 234 g/mol. The summed E-state index contributed by atoms with van der Waals surface area (Å²) in [6.07, 6.45) is 7.48. The first-order chi connectivity index (χ1) is 8.77. The highest BCUT2D eigenvalue weighted by Crippen LogP contribution is 2.27. The summed E-state index contributed by atoms with van der Waals surface area (Å²) in [6, 6.07) is 0.390. The Labute approximate surface area is 120 Å². The summed E-state index contributed by atoms with van der Waals surface area (Å²) in [4.78, 5) is 14.8. The van der Waals surface area contributed by atoms with Crippen LogP contribution in [-0.2, 0) is 4.79 Å². The van der Waals surface area contributed by atoms with Crippen molar-refractivity contribution in [1.29, 1.82) is 0 Å². The van der Waals surface area contributed by atoms with Crippen LogP contribution in [0.5, 0.6) is 0 Å². The summed E-state index contributed by atoms with van der Waals surface area (Å²) in [5.41, 5.74) is -0.323. The van der Waals surface area contributed by atoms with Crippen LogP contribution in [0, 0.1) is 5.92 Å². The molecule has 0 amide bonds. The molecule has 1 unspecified atom stereocenters. The first kappa shape index (κ1) is 18.4. The van der Waals surface area contributed by atoms with Crippen LogP contribution in [0.4, 0.5) is 0 Å². The van der Waals surface area contributed by atoms with Gasteiger partial charge >= 0.3 is 0 Å². The highest BCUT2D eigenvalue weighted by molar-refractivity contribution is 5.89. The van der Waals surface area contributed by atoms with E-state index >= 15 is 0 Å². The van der Waals surface area contributed by atoms with E-state index in [0.29, 0.717) is 11.8 Å². The van der Waals surface area contributed by atoms with Gasteiger partial charge < -0.3 is 0 Å². The normalized spacial score (nSPS) is 15.0. The number of likely N-dealkylation sites (N-methyl/N-ethyl adjacent to an activating group) is 1. The fraction of sp³-hybridized carbons (Fsp3) is 0.824. The molecule has 0 radical (unpaired) electrons. The maximum Gasteiger partial charge on any atom is 0.155 e. The Hall–Kier alpha value is -0.630. The second-order valence-corrected chi connectivity index (χ2v) is 6.39. The van der Waals surface area contributed by atoms with E-state index in [1.165, 1.54) is 12.8 Å². The minimum absolute atomic E-state index is 0.0966. The van der Waals surface area contributed by atoms with Gasteiger partial charge in [-0.1, -0.05) is 32.8 Å². The molecule has 112 valence electrons. The van der Waals surface area contributed by atoms with Crippen molar-refractivity contribution in [2.24, 2.45) is 5.92 Å². The summed E-state index contributed by atoms with van der Waals surface area (Å²) in [5.74, 6) is 0.465. The number of hydrogen-bond donors (Lipinski definition) is 0. The van der Waals surface area contributed by atoms with Gasteiger partial charge in [0.05, 0.1) is 5.54 Å². The maximum absolute atomic E-state index is 12.6. The Kier molecular flexibility index (Phi) is 8.24. The summed E-state index contributed by atoms with van der Waals surface area (Å²) < 4.78 is 0. The number of allylic oxidation sites excluding steroid dienone is 1. The molecule has 1 atom stereocenters. The van der Waals surface area contributed by atoms with Gasteiger partial charge in [-0.2, -0.15) is 0 Å². The number of hydrogen-bond acceptors (Lipinski definition) is 2. The summed E-state index contributed by atoms with van der Waals surface area (Å²) in [5, 5.41) is 0. The summed E-state index contributed by atoms with van der Waals surface area (Å²) >= 11 is 0. The van der Waals surface area contributed by atoms with E-state index in [2.05, 4.69) is 39.3 Å². The predicted molar refractivity (Wildman–Crippen MR) is 84.4 cm³/mol. The highest BCUT2D eigenvalue weighted by atomic mass is 16.1. The lowest BCUT2D eigenvalue weighted by atomic mass is 9.82. The lowest BCUT2D eigenvalue weighted by Gasteiger charge is -2.41. The van der Waals surface area contributed by atoms with Crippen LogP contribution in [0.15, 0.2) is 12.7 Å². The molecule has 0 bridgehead atoms. The monoisotopic (exact) mass is 267 g/mol. The van der Waals surface area contributed by atoms with E-state index in [4.69, 9.17) is 0 Å². The van der Waals surface area contributed by atoms with Crippen LogP contribution in [0.2, 0.25) is 0 Å². The van der Waals surface area contributed by atoms with Gasteiger partial charge in [0.15, 0.2) is 5.78 Å². The van der Waals surface area contributed by atoms with Crippen molar-refractivity contribution in [3.63, 3.8) is 0 Å². The molecule has 0 aliphatic rings. The molecule has 0 aliphatic carbocycles. The number of Topliss-reactive ketones (excluding diaryl/α,β-unsaturated/α-hetero) is 1. The van der Waals surface area contributed by atoms with Gasteiger partial charge in [-0.05, 0) is 47.1 Å². The third-order valence-corrected chi connectivity index (χ3v) is 4.18. The molecule has 0 aromatic carbocycles. The second-order valence-electron chi connectivity index (χ2n) is 6.39. The number of unbranched alkanes of at least 4 members (excludes halogenated alkanes) is 3. The largest absolute Gasteiger partial charge is 0.297 e. The molecule has 2 heteroatoms. The summed E-state index contributed by atoms with van der Waals surface area (Å²) in [6.45, 7) is 14.2. The highest BCUT2D eigenvalue weighted by Gasteiger charge is 2.38. The topological polar surface area (TPSA) is 20.3 Å². The van der Waals surface area contributed by atoms with Crippen LogP contribution >= 0.6 is 0 Å². The van der Waals surface area contributed by atoms with Gasteiger partial charge in [0.25, 0.3) is 0 Å². The number of carbonyl (C=O) groups is 1. The fourth-order valence-electron chi connectivity index (χ4n) is 2.60. The van der Waals surface area contributed by atoms with E-state index in [1.807, 2.05) is 19.9 Å². The zero-order chi connectivity index (χ0) is 15.1. The molecule has 0 heterocycles. The van der Waals surface area contributed by atoms with Crippen molar-refractivity contribution in [1.82, 2.24) is 4.90 Å². The van der Waals surface area contributed by atoms with Crippen LogP contribution in [-0.4, -0.2) is 29.3 Å². The molecule has 0 aromatic heterocycles. The molecule has 2 nitrogen and oxygen atoms in total. The predicted octanol–water partition coefficient (Wildman–Crippen LogP) is 4.45. The summed E-state index contributed by atoms with van der Waals surface area (Å²) in [7, 11) is 2.08. The van der Waals surface area contributed by atoms with Crippen molar-refractivity contribution >= 4 is 5.78 Å². The molecule has 0 fully saturated rings. The minimum atomic E-state index is -0.323. The molecule has 0 rings (SSSR count). The Morgan fingerprint density at radius 2 is 1.79 bits per heavy atom. The van der Waals surface area contributed by atoms with Crippen LogP contribution in [0.25, 0.3) is 0 Å². The van der Waals surface area contributed by atoms with Crippen molar-refractivity contribution < 1.29 is 4.79 Å². The van der Waals surface area contributed by atoms with Crippen molar-refractivity contribution in [2.45, 2.75) is 78.3 Å². The number of rotatable bonds is 10. The average Bonchev–Trinajstić information content (AvgIpc) is 2.36. The maximum atomic E-state index is 12.6. The van der Waals surface area contributed by atoms with E-state index < -0.39 is 0 Å². The van der Waals surface area contributed by atoms with Crippen molar-refractivity contribution in [3.8, 4) is 0 Å². The molecular formula is C17H33NO. The van der Waals surface area contributed by atoms with Crippen LogP contribution < -0.4 is 0 Å². The molecule has 0 aromatic rings. The standard InChI is InChI=1S/C17H33NO/c1-8-9-10-11-12-13-17(6,16(19)14(2)3)18(7)15(4)5/h8,14-15H,1,9-13H2,2-7H3. The Bertz CT molecular complexity index is 283. The Morgan fingerprint density at radius 1 is 1.21 bits per heavy atom. The van der Waals surface area contributed by atoms with Gasteiger partial charge in [-0.25, -0.2) is 0 Å². The molecule has 19 heavy (non-hydrogen) atoms. The van der Waals surface area contributed by atoms with Crippen molar-refractivity contribution in [2.75, 3.05) is 7.05 Å². The first-order valence-electron chi connectivity index (χ1n) is 7.65. The van der Waals surface area contributed by atoms with Crippen LogP contribution in [0.3, 0.4) is 0 Å². The lowest BCUT2D eigenvalue weighted by Crippen LogP contribution is -2.54. The SMILES string of the molecule is C=CCCCCCC(C)(C(=O)C(C)C)N(C)C(C)C. The van der Waals surface area contributed by atoms with Gasteiger partial charge in [0.2, 0.25) is 0 Å². The first-order valence-corrected chi connectivity index (χ1v) is 7.65. The third kappa shape index (κ3) is 5.48. The Balaban J connectivity index is 4.68. The molecule has 0 spiro atoms. The second kappa shape index (κ2) is 8.52. The van der Waals surface area contributed by atoms with E-state index in [9.17, 15) is 4.79 Å². The van der Waals surface area contributed by atoms with E-state index in [0.717, 1.165) is 19.3 Å².